The van der Waals surface area contributed by atoms with Crippen LogP contribution in [0.4, 0.5) is 0 Å². The lowest BCUT2D eigenvalue weighted by atomic mass is 10.0. The number of halogens is 3. The highest BCUT2D eigenvalue weighted by atomic mass is 35.5. The molecule has 15 heavy (non-hydrogen) atoms. The van der Waals surface area contributed by atoms with Crippen molar-refractivity contribution < 1.29 is 5.11 Å². The van der Waals surface area contributed by atoms with E-state index in [0.717, 1.165) is 5.56 Å². The molecule has 0 heterocycles. The second kappa shape index (κ2) is 6.56. The van der Waals surface area contributed by atoms with Crippen LogP contribution in [0.25, 0.3) is 0 Å². The summed E-state index contributed by atoms with van der Waals surface area (Å²) < 4.78 is 0. The molecule has 0 saturated carbocycles. The van der Waals surface area contributed by atoms with Crippen molar-refractivity contribution in [1.29, 1.82) is 0 Å². The van der Waals surface area contributed by atoms with E-state index in [4.69, 9.17) is 28.9 Å². The summed E-state index contributed by atoms with van der Waals surface area (Å²) in [5.41, 5.74) is 6.55. The highest BCUT2D eigenvalue weighted by molar-refractivity contribution is 6.35. The van der Waals surface area contributed by atoms with Crippen molar-refractivity contribution in [2.75, 3.05) is 0 Å². The van der Waals surface area contributed by atoms with E-state index in [2.05, 4.69) is 0 Å². The molecule has 1 rings (SSSR count). The van der Waals surface area contributed by atoms with Gasteiger partial charge in [-0.05, 0) is 24.1 Å². The molecule has 0 amide bonds. The summed E-state index contributed by atoms with van der Waals surface area (Å²) in [7, 11) is 0. The van der Waals surface area contributed by atoms with Gasteiger partial charge in [0.05, 0.1) is 12.1 Å². The van der Waals surface area contributed by atoms with E-state index in [1.165, 1.54) is 0 Å². The van der Waals surface area contributed by atoms with Crippen molar-refractivity contribution >= 4 is 35.6 Å². The van der Waals surface area contributed by atoms with Gasteiger partial charge in [0, 0.05) is 10.0 Å². The molecule has 2 atom stereocenters. The van der Waals surface area contributed by atoms with Crippen LogP contribution in [-0.2, 0) is 0 Å². The number of hydrogen-bond donors (Lipinski definition) is 2. The molecule has 0 spiro atoms. The molecule has 0 saturated heterocycles. The Balaban J connectivity index is 0.00000196. The molecule has 0 aliphatic carbocycles. The zero-order chi connectivity index (χ0) is 10.7. The summed E-state index contributed by atoms with van der Waals surface area (Å²) in [6.45, 7) is 1.87. The third-order valence-electron chi connectivity index (χ3n) is 2.15. The third kappa shape index (κ3) is 3.82. The van der Waals surface area contributed by atoms with Gasteiger partial charge >= 0.3 is 0 Å². The van der Waals surface area contributed by atoms with Gasteiger partial charge < -0.3 is 10.8 Å². The van der Waals surface area contributed by atoms with Gasteiger partial charge in [-0.2, -0.15) is 0 Å². The van der Waals surface area contributed by atoms with Crippen LogP contribution in [0, 0.1) is 0 Å². The van der Waals surface area contributed by atoms with Gasteiger partial charge in [0.15, 0.2) is 0 Å². The first-order chi connectivity index (χ1) is 6.56. The van der Waals surface area contributed by atoms with Crippen molar-refractivity contribution in [2.45, 2.75) is 25.5 Å². The second-order valence-corrected chi connectivity index (χ2v) is 4.01. The van der Waals surface area contributed by atoms with Crippen LogP contribution in [0.5, 0.6) is 0 Å². The molecular weight excluding hydrogens is 256 g/mol. The molecule has 2 nitrogen and oxygen atoms in total. The SMILES string of the molecule is CC[C@@H](O)[C@@H](N)c1ccc(Cl)cc1Cl.Cl. The van der Waals surface area contributed by atoms with Crippen LogP contribution in [0.2, 0.25) is 10.0 Å². The van der Waals surface area contributed by atoms with Gasteiger partial charge in [-0.25, -0.2) is 0 Å². The fraction of sp³-hybridized carbons (Fsp3) is 0.400. The Bertz CT molecular complexity index is 320. The van der Waals surface area contributed by atoms with Crippen molar-refractivity contribution in [2.24, 2.45) is 5.73 Å². The Hall–Kier alpha value is 0.01000. The molecule has 0 bridgehead atoms. The van der Waals surface area contributed by atoms with Crippen LogP contribution < -0.4 is 5.73 Å². The van der Waals surface area contributed by atoms with Gasteiger partial charge in [0.25, 0.3) is 0 Å². The standard InChI is InChI=1S/C10H13Cl2NO.ClH/c1-2-9(14)10(13)7-4-3-6(11)5-8(7)12;/h3-5,9-10,14H,2,13H2,1H3;1H/t9-,10+;/m1./s1. The first-order valence-electron chi connectivity index (χ1n) is 4.44. The molecule has 0 aromatic heterocycles. The Labute approximate surface area is 106 Å². The summed E-state index contributed by atoms with van der Waals surface area (Å²) in [6.07, 6.45) is 0.0220. The zero-order valence-electron chi connectivity index (χ0n) is 8.28. The second-order valence-electron chi connectivity index (χ2n) is 3.17. The van der Waals surface area contributed by atoms with E-state index >= 15 is 0 Å². The highest BCUT2D eigenvalue weighted by Gasteiger charge is 2.17. The molecule has 0 aliphatic heterocycles. The maximum atomic E-state index is 9.56. The Morgan fingerprint density at radius 2 is 2.00 bits per heavy atom. The number of aliphatic hydroxyl groups is 1. The van der Waals surface area contributed by atoms with E-state index < -0.39 is 12.1 Å². The van der Waals surface area contributed by atoms with Crippen LogP contribution in [-0.4, -0.2) is 11.2 Å². The zero-order valence-corrected chi connectivity index (χ0v) is 10.6. The Morgan fingerprint density at radius 1 is 1.40 bits per heavy atom. The molecule has 0 unspecified atom stereocenters. The smallest absolute Gasteiger partial charge is 0.0730 e. The monoisotopic (exact) mass is 269 g/mol. The predicted molar refractivity (Wildman–Crippen MR) is 66.9 cm³/mol. The molecule has 1 aromatic rings. The molecule has 86 valence electrons. The molecular formula is C10H14Cl3NO. The first kappa shape index (κ1) is 15.0. The van der Waals surface area contributed by atoms with E-state index in [-0.39, 0.29) is 12.4 Å². The van der Waals surface area contributed by atoms with E-state index in [1.807, 2.05) is 6.92 Å². The minimum atomic E-state index is -0.575. The Morgan fingerprint density at radius 3 is 2.47 bits per heavy atom. The van der Waals surface area contributed by atoms with Crippen molar-refractivity contribution in [3.8, 4) is 0 Å². The lowest BCUT2D eigenvalue weighted by molar-refractivity contribution is 0.141. The van der Waals surface area contributed by atoms with Crippen LogP contribution in [0.1, 0.15) is 24.9 Å². The third-order valence-corrected chi connectivity index (χ3v) is 2.72. The first-order valence-corrected chi connectivity index (χ1v) is 5.20. The average Bonchev–Trinajstić information content (AvgIpc) is 2.15. The fourth-order valence-electron chi connectivity index (χ4n) is 1.23. The predicted octanol–water partition coefficient (Wildman–Crippen LogP) is 3.19. The molecule has 0 fully saturated rings. The van der Waals surface area contributed by atoms with Crippen LogP contribution in [0.15, 0.2) is 18.2 Å². The lowest BCUT2D eigenvalue weighted by Gasteiger charge is -2.18. The van der Waals surface area contributed by atoms with Crippen molar-refractivity contribution in [3.63, 3.8) is 0 Å². The number of benzene rings is 1. The number of rotatable bonds is 3. The largest absolute Gasteiger partial charge is 0.391 e. The number of hydrogen-bond acceptors (Lipinski definition) is 2. The molecule has 3 N–H and O–H groups in total. The number of aliphatic hydroxyl groups excluding tert-OH is 1. The van der Waals surface area contributed by atoms with E-state index in [9.17, 15) is 5.11 Å². The topological polar surface area (TPSA) is 46.2 Å². The quantitative estimate of drug-likeness (QED) is 0.886. The minimum Gasteiger partial charge on any atom is -0.391 e. The summed E-state index contributed by atoms with van der Waals surface area (Å²) in [4.78, 5) is 0. The summed E-state index contributed by atoms with van der Waals surface area (Å²) in [5.74, 6) is 0. The van der Waals surface area contributed by atoms with Crippen molar-refractivity contribution in [1.82, 2.24) is 0 Å². The summed E-state index contributed by atoms with van der Waals surface area (Å²) >= 11 is 11.7. The fourth-order valence-corrected chi connectivity index (χ4v) is 1.77. The van der Waals surface area contributed by atoms with Crippen LogP contribution in [0.3, 0.4) is 0 Å². The van der Waals surface area contributed by atoms with Gasteiger partial charge in [-0.1, -0.05) is 36.2 Å². The molecule has 1 aromatic carbocycles. The summed E-state index contributed by atoms with van der Waals surface area (Å²) in [5, 5.41) is 10.6. The lowest BCUT2D eigenvalue weighted by Crippen LogP contribution is -2.25. The maximum Gasteiger partial charge on any atom is 0.0730 e. The van der Waals surface area contributed by atoms with E-state index in [1.54, 1.807) is 18.2 Å². The minimum absolute atomic E-state index is 0. The van der Waals surface area contributed by atoms with Gasteiger partial charge in [0.1, 0.15) is 0 Å². The van der Waals surface area contributed by atoms with Gasteiger partial charge in [-0.3, -0.25) is 0 Å². The highest BCUT2D eigenvalue weighted by Crippen LogP contribution is 2.27. The van der Waals surface area contributed by atoms with Crippen LogP contribution >= 0.6 is 35.6 Å². The Kier molecular flexibility index (Phi) is 6.57. The molecule has 0 aliphatic rings. The van der Waals surface area contributed by atoms with Crippen molar-refractivity contribution in [3.05, 3.63) is 33.8 Å². The van der Waals surface area contributed by atoms with Gasteiger partial charge in [-0.15, -0.1) is 12.4 Å². The number of nitrogens with two attached hydrogens (primary N) is 1. The summed E-state index contributed by atoms with van der Waals surface area (Å²) in [6, 6.07) is 4.63. The maximum absolute atomic E-state index is 9.56. The molecule has 0 radical (unpaired) electrons. The van der Waals surface area contributed by atoms with E-state index in [0.29, 0.717) is 16.5 Å². The average molecular weight is 271 g/mol. The van der Waals surface area contributed by atoms with Gasteiger partial charge in [0.2, 0.25) is 0 Å². The normalized spacial score (nSPS) is 14.2. The molecule has 5 heteroatoms.